The van der Waals surface area contributed by atoms with Crippen LogP contribution in [0.2, 0.25) is 5.02 Å². The van der Waals surface area contributed by atoms with E-state index in [-0.39, 0.29) is 6.04 Å². The fraction of sp³-hybridized carbons (Fsp3) is 0.625. The minimum absolute atomic E-state index is 0.197. The number of nitrogens with two attached hydrogens (primary N) is 1. The Morgan fingerprint density at radius 1 is 1.20 bits per heavy atom. The van der Waals surface area contributed by atoms with Crippen molar-refractivity contribution in [1.82, 2.24) is 4.90 Å². The molecule has 114 valence electrons. The third kappa shape index (κ3) is 5.31. The Hall–Kier alpha value is -0.770. The summed E-state index contributed by atoms with van der Waals surface area (Å²) in [5.74, 6) is 0. The quantitative estimate of drug-likeness (QED) is 0.800. The Bertz CT molecular complexity index is 407. The van der Waals surface area contributed by atoms with Gasteiger partial charge < -0.3 is 15.5 Å². The van der Waals surface area contributed by atoms with Gasteiger partial charge >= 0.3 is 0 Å². The molecule has 0 aliphatic rings. The van der Waals surface area contributed by atoms with Gasteiger partial charge in [0.25, 0.3) is 0 Å². The molecule has 1 rings (SSSR count). The van der Waals surface area contributed by atoms with Gasteiger partial charge in [-0.3, -0.25) is 0 Å². The Morgan fingerprint density at radius 3 is 2.50 bits per heavy atom. The first-order valence-electron chi connectivity index (χ1n) is 7.34. The van der Waals surface area contributed by atoms with E-state index in [1.165, 1.54) is 5.56 Å². The molecule has 1 aromatic carbocycles. The van der Waals surface area contributed by atoms with Gasteiger partial charge in [0.05, 0.1) is 10.7 Å². The van der Waals surface area contributed by atoms with Crippen molar-refractivity contribution < 1.29 is 0 Å². The molecule has 1 aromatic rings. The maximum Gasteiger partial charge on any atom is 0.0642 e. The van der Waals surface area contributed by atoms with E-state index in [4.69, 9.17) is 17.3 Å². The second-order valence-corrected chi connectivity index (χ2v) is 6.11. The monoisotopic (exact) mass is 297 g/mol. The van der Waals surface area contributed by atoms with E-state index in [0.29, 0.717) is 0 Å². The number of hydrogen-bond donors (Lipinski definition) is 1. The number of benzene rings is 1. The molecule has 1 unspecified atom stereocenters. The molecular weight excluding hydrogens is 270 g/mol. The van der Waals surface area contributed by atoms with Crippen molar-refractivity contribution in [3.8, 4) is 0 Å². The summed E-state index contributed by atoms with van der Waals surface area (Å²) in [6.45, 7) is 4.20. The first kappa shape index (κ1) is 17.3. The first-order valence-corrected chi connectivity index (χ1v) is 7.72. The number of halogens is 1. The molecule has 0 aliphatic carbocycles. The second kappa shape index (κ2) is 8.50. The van der Waals surface area contributed by atoms with Gasteiger partial charge in [-0.05, 0) is 51.5 Å². The number of para-hydroxylation sites is 1. The molecule has 0 heterocycles. The Kier molecular flexibility index (Phi) is 7.35. The molecule has 4 heteroatoms. The second-order valence-electron chi connectivity index (χ2n) is 5.70. The highest BCUT2D eigenvalue weighted by Crippen LogP contribution is 2.30. The SMILES string of the molecule is CCC(N)Cc1cccc(Cl)c1N(C)CCCN(C)C. The van der Waals surface area contributed by atoms with Crippen molar-refractivity contribution >= 4 is 17.3 Å². The highest BCUT2D eigenvalue weighted by molar-refractivity contribution is 6.33. The summed E-state index contributed by atoms with van der Waals surface area (Å²) in [4.78, 5) is 4.46. The summed E-state index contributed by atoms with van der Waals surface area (Å²) in [5.41, 5.74) is 8.48. The number of anilines is 1. The lowest BCUT2D eigenvalue weighted by molar-refractivity contribution is 0.401. The molecule has 2 N–H and O–H groups in total. The molecule has 0 fully saturated rings. The minimum Gasteiger partial charge on any atom is -0.373 e. The molecule has 0 bridgehead atoms. The molecule has 1 atom stereocenters. The number of rotatable bonds is 8. The van der Waals surface area contributed by atoms with Gasteiger partial charge in [-0.15, -0.1) is 0 Å². The average molecular weight is 298 g/mol. The van der Waals surface area contributed by atoms with Crippen molar-refractivity contribution in [1.29, 1.82) is 0 Å². The van der Waals surface area contributed by atoms with E-state index in [1.54, 1.807) is 0 Å². The fourth-order valence-corrected chi connectivity index (χ4v) is 2.65. The average Bonchev–Trinajstić information content (AvgIpc) is 2.38. The Morgan fingerprint density at radius 2 is 1.90 bits per heavy atom. The summed E-state index contributed by atoms with van der Waals surface area (Å²) in [5, 5.41) is 0.818. The standard InChI is InChI=1S/C16H28ClN3/c1-5-14(18)12-13-8-6-9-15(17)16(13)20(4)11-7-10-19(2)3/h6,8-9,14H,5,7,10-12,18H2,1-4H3. The van der Waals surface area contributed by atoms with Gasteiger partial charge in [0.1, 0.15) is 0 Å². The van der Waals surface area contributed by atoms with E-state index in [9.17, 15) is 0 Å². The zero-order chi connectivity index (χ0) is 15.1. The summed E-state index contributed by atoms with van der Waals surface area (Å²) in [6.07, 6.45) is 2.98. The zero-order valence-corrected chi connectivity index (χ0v) is 14.0. The van der Waals surface area contributed by atoms with Gasteiger partial charge in [0, 0.05) is 19.6 Å². The van der Waals surface area contributed by atoms with Gasteiger partial charge in [0.2, 0.25) is 0 Å². The molecule has 3 nitrogen and oxygen atoms in total. The third-order valence-electron chi connectivity index (χ3n) is 3.56. The van der Waals surface area contributed by atoms with E-state index < -0.39 is 0 Å². The van der Waals surface area contributed by atoms with Gasteiger partial charge in [-0.25, -0.2) is 0 Å². The lowest BCUT2D eigenvalue weighted by Crippen LogP contribution is -2.26. The maximum absolute atomic E-state index is 6.40. The molecule has 0 aromatic heterocycles. The van der Waals surface area contributed by atoms with E-state index in [1.807, 2.05) is 12.1 Å². The summed E-state index contributed by atoms with van der Waals surface area (Å²) in [7, 11) is 6.31. The van der Waals surface area contributed by atoms with Crippen LogP contribution in [0.25, 0.3) is 0 Å². The summed E-state index contributed by atoms with van der Waals surface area (Å²) < 4.78 is 0. The van der Waals surface area contributed by atoms with Crippen molar-refractivity contribution in [2.24, 2.45) is 5.73 Å². The van der Waals surface area contributed by atoms with Crippen LogP contribution < -0.4 is 10.6 Å². The molecule has 0 spiro atoms. The van der Waals surface area contributed by atoms with Crippen LogP contribution in [0.1, 0.15) is 25.3 Å². The molecule has 20 heavy (non-hydrogen) atoms. The predicted octanol–water partition coefficient (Wildman–Crippen LogP) is 3.01. The molecule has 0 saturated carbocycles. The molecule has 0 radical (unpaired) electrons. The smallest absolute Gasteiger partial charge is 0.0642 e. The normalized spacial score (nSPS) is 12.8. The summed E-state index contributed by atoms with van der Waals surface area (Å²) in [6, 6.07) is 6.30. The minimum atomic E-state index is 0.197. The molecule has 0 aliphatic heterocycles. The summed E-state index contributed by atoms with van der Waals surface area (Å²) >= 11 is 6.40. The van der Waals surface area contributed by atoms with Crippen LogP contribution in [0.4, 0.5) is 5.69 Å². The lowest BCUT2D eigenvalue weighted by Gasteiger charge is -2.25. The zero-order valence-electron chi connectivity index (χ0n) is 13.2. The van der Waals surface area contributed by atoms with Gasteiger partial charge in [-0.2, -0.15) is 0 Å². The predicted molar refractivity (Wildman–Crippen MR) is 89.9 cm³/mol. The topological polar surface area (TPSA) is 32.5 Å². The molecule has 0 amide bonds. The highest BCUT2D eigenvalue weighted by Gasteiger charge is 2.13. The number of hydrogen-bond acceptors (Lipinski definition) is 3. The Balaban J connectivity index is 2.80. The van der Waals surface area contributed by atoms with E-state index in [2.05, 4.69) is 43.9 Å². The molecular formula is C16H28ClN3. The van der Waals surface area contributed by atoms with Crippen LogP contribution in [-0.4, -0.2) is 45.2 Å². The number of nitrogens with zero attached hydrogens (tertiary/aromatic N) is 2. The van der Waals surface area contributed by atoms with Crippen LogP contribution in [0.5, 0.6) is 0 Å². The van der Waals surface area contributed by atoms with Crippen LogP contribution in [0.3, 0.4) is 0 Å². The van der Waals surface area contributed by atoms with E-state index in [0.717, 1.165) is 43.1 Å². The Labute approximate surface area is 128 Å². The first-order chi connectivity index (χ1) is 9.45. The van der Waals surface area contributed by atoms with Crippen molar-refractivity contribution in [3.05, 3.63) is 28.8 Å². The van der Waals surface area contributed by atoms with Crippen LogP contribution in [-0.2, 0) is 6.42 Å². The molecule has 0 saturated heterocycles. The maximum atomic E-state index is 6.40. The van der Waals surface area contributed by atoms with Crippen molar-refractivity contribution in [3.63, 3.8) is 0 Å². The van der Waals surface area contributed by atoms with Crippen LogP contribution >= 0.6 is 11.6 Å². The van der Waals surface area contributed by atoms with Crippen molar-refractivity contribution in [2.75, 3.05) is 39.1 Å². The van der Waals surface area contributed by atoms with E-state index >= 15 is 0 Å². The van der Waals surface area contributed by atoms with Crippen LogP contribution in [0, 0.1) is 0 Å². The van der Waals surface area contributed by atoms with Crippen LogP contribution in [0.15, 0.2) is 18.2 Å². The third-order valence-corrected chi connectivity index (χ3v) is 3.86. The van der Waals surface area contributed by atoms with Gasteiger partial charge in [-0.1, -0.05) is 30.7 Å². The van der Waals surface area contributed by atoms with Gasteiger partial charge in [0.15, 0.2) is 0 Å². The fourth-order valence-electron chi connectivity index (χ4n) is 2.31. The largest absolute Gasteiger partial charge is 0.373 e. The van der Waals surface area contributed by atoms with Crippen molar-refractivity contribution in [2.45, 2.75) is 32.2 Å². The highest BCUT2D eigenvalue weighted by atomic mass is 35.5. The lowest BCUT2D eigenvalue weighted by atomic mass is 10.0.